The number of methoxy groups -OCH3 is 2. The van der Waals surface area contributed by atoms with Crippen molar-refractivity contribution < 1.29 is 19.0 Å². The molecule has 1 unspecified atom stereocenters. The number of piperidine rings is 1. The summed E-state index contributed by atoms with van der Waals surface area (Å²) in [5.74, 6) is 2.08. The maximum atomic E-state index is 12.6. The number of hydrogen-bond donors (Lipinski definition) is 2. The molecule has 1 amide bonds. The summed E-state index contributed by atoms with van der Waals surface area (Å²) in [7, 11) is 3.18. The highest BCUT2D eigenvalue weighted by Crippen LogP contribution is 2.53. The molecule has 2 aromatic heterocycles. The lowest BCUT2D eigenvalue weighted by molar-refractivity contribution is 0.0718. The molecular weight excluding hydrogens is 494 g/mol. The SMILES string of the molecule is CCOC(=O)N1CCC(c2ccccc2)(C(C)(c2nc(N)c3cc(OC)c(OC)cc3n2)c2ccc[nH]2)CC1. The molecule has 3 N–H and O–H groups in total. The molecule has 0 spiro atoms. The number of nitrogens with zero attached hydrogens (tertiary/aromatic N) is 3. The molecule has 0 bridgehead atoms. The highest BCUT2D eigenvalue weighted by Gasteiger charge is 2.55. The number of anilines is 1. The molecule has 39 heavy (non-hydrogen) atoms. The predicted octanol–water partition coefficient (Wildman–Crippen LogP) is 5.05. The largest absolute Gasteiger partial charge is 0.493 e. The number of benzene rings is 2. The van der Waals surface area contributed by atoms with Crippen LogP contribution in [-0.4, -0.2) is 59.9 Å². The van der Waals surface area contributed by atoms with E-state index < -0.39 is 10.8 Å². The first kappa shape index (κ1) is 26.3. The fourth-order valence-corrected chi connectivity index (χ4v) is 6.06. The van der Waals surface area contributed by atoms with Crippen molar-refractivity contribution in [1.82, 2.24) is 19.9 Å². The van der Waals surface area contributed by atoms with E-state index in [2.05, 4.69) is 42.2 Å². The molecular formula is C30H35N5O4. The maximum Gasteiger partial charge on any atom is 0.409 e. The predicted molar refractivity (Wildman–Crippen MR) is 150 cm³/mol. The van der Waals surface area contributed by atoms with Gasteiger partial charge in [-0.15, -0.1) is 0 Å². The van der Waals surface area contributed by atoms with E-state index in [9.17, 15) is 4.79 Å². The van der Waals surface area contributed by atoms with Crippen LogP contribution in [0.4, 0.5) is 10.6 Å². The number of carbonyl (C=O) groups excluding carboxylic acids is 1. The third kappa shape index (κ3) is 4.31. The third-order valence-corrected chi connectivity index (χ3v) is 8.24. The number of aromatic amines is 1. The van der Waals surface area contributed by atoms with Crippen molar-refractivity contribution in [3.63, 3.8) is 0 Å². The molecule has 1 saturated heterocycles. The van der Waals surface area contributed by atoms with Crippen LogP contribution in [0.3, 0.4) is 0 Å². The number of amides is 1. The zero-order valence-electron chi connectivity index (χ0n) is 22.9. The summed E-state index contributed by atoms with van der Waals surface area (Å²) in [5, 5.41) is 0.691. The first-order valence-corrected chi connectivity index (χ1v) is 13.2. The summed E-state index contributed by atoms with van der Waals surface area (Å²) in [5.41, 5.74) is 8.20. The summed E-state index contributed by atoms with van der Waals surface area (Å²) in [6.07, 6.45) is 2.99. The van der Waals surface area contributed by atoms with E-state index in [-0.39, 0.29) is 6.09 Å². The first-order valence-electron chi connectivity index (χ1n) is 13.2. The molecule has 1 fully saturated rings. The van der Waals surface area contributed by atoms with Crippen LogP contribution in [0, 0.1) is 0 Å². The monoisotopic (exact) mass is 529 g/mol. The fourth-order valence-electron chi connectivity index (χ4n) is 6.06. The van der Waals surface area contributed by atoms with Crippen molar-refractivity contribution in [2.75, 3.05) is 39.6 Å². The van der Waals surface area contributed by atoms with Gasteiger partial charge in [0, 0.05) is 41.8 Å². The van der Waals surface area contributed by atoms with Crippen molar-refractivity contribution in [2.45, 2.75) is 37.5 Å². The highest BCUT2D eigenvalue weighted by molar-refractivity contribution is 5.91. The van der Waals surface area contributed by atoms with Crippen LogP contribution in [-0.2, 0) is 15.6 Å². The van der Waals surface area contributed by atoms with E-state index in [4.69, 9.17) is 29.9 Å². The van der Waals surface area contributed by atoms with Crippen LogP contribution >= 0.6 is 0 Å². The van der Waals surface area contributed by atoms with E-state index >= 15 is 0 Å². The number of nitrogens with one attached hydrogen (secondary N) is 1. The third-order valence-electron chi connectivity index (χ3n) is 8.24. The van der Waals surface area contributed by atoms with Crippen molar-refractivity contribution in [1.29, 1.82) is 0 Å². The molecule has 5 rings (SSSR count). The Morgan fingerprint density at radius 2 is 1.74 bits per heavy atom. The molecule has 2 aromatic carbocycles. The van der Waals surface area contributed by atoms with Crippen LogP contribution in [0.25, 0.3) is 10.9 Å². The van der Waals surface area contributed by atoms with Gasteiger partial charge in [0.25, 0.3) is 0 Å². The minimum absolute atomic E-state index is 0.284. The molecule has 0 aliphatic carbocycles. The summed E-state index contributed by atoms with van der Waals surface area (Å²) >= 11 is 0. The highest BCUT2D eigenvalue weighted by atomic mass is 16.6. The van der Waals surface area contributed by atoms with Crippen molar-refractivity contribution in [3.05, 3.63) is 77.9 Å². The second-order valence-electron chi connectivity index (χ2n) is 10.00. The van der Waals surface area contributed by atoms with Gasteiger partial charge in [-0.05, 0) is 50.5 Å². The number of nitrogen functional groups attached to an aromatic ring is 1. The lowest BCUT2D eigenvalue weighted by Gasteiger charge is -2.52. The van der Waals surface area contributed by atoms with Crippen molar-refractivity contribution in [2.24, 2.45) is 0 Å². The molecule has 3 heterocycles. The standard InChI is InChI=1S/C30H35N5O4/c1-5-39-28(36)35-16-13-30(14-17-35,20-10-7-6-8-11-20)29(2,25-12-9-15-32-25)27-33-22-19-24(38-4)23(37-3)18-21(22)26(31)34-27/h6-12,15,18-19,32H,5,13-14,16-17H2,1-4H3,(H2,31,33,34). The molecule has 1 atom stereocenters. The average Bonchev–Trinajstić information content (AvgIpc) is 3.52. The van der Waals surface area contributed by atoms with Gasteiger partial charge in [0.2, 0.25) is 0 Å². The number of carbonyl (C=O) groups is 1. The number of fused-ring (bicyclic) bond motifs is 1. The number of aromatic nitrogens is 3. The number of nitrogens with two attached hydrogens (primary N) is 1. The van der Waals surface area contributed by atoms with Gasteiger partial charge in [-0.1, -0.05) is 30.3 Å². The van der Waals surface area contributed by atoms with Crippen LogP contribution in [0.2, 0.25) is 0 Å². The van der Waals surface area contributed by atoms with Crippen LogP contribution in [0.15, 0.2) is 60.8 Å². The van der Waals surface area contributed by atoms with Gasteiger partial charge in [-0.2, -0.15) is 0 Å². The normalized spacial score (nSPS) is 16.5. The summed E-state index contributed by atoms with van der Waals surface area (Å²) in [6, 6.07) is 18.1. The molecule has 204 valence electrons. The van der Waals surface area contributed by atoms with Gasteiger partial charge in [0.05, 0.1) is 31.8 Å². The second kappa shape index (κ2) is 10.5. The van der Waals surface area contributed by atoms with Crippen LogP contribution < -0.4 is 15.2 Å². The van der Waals surface area contributed by atoms with Gasteiger partial charge >= 0.3 is 6.09 Å². The topological polar surface area (TPSA) is 116 Å². The first-order chi connectivity index (χ1) is 18.9. The van der Waals surface area contributed by atoms with Crippen molar-refractivity contribution >= 4 is 22.8 Å². The van der Waals surface area contributed by atoms with Gasteiger partial charge in [0.1, 0.15) is 11.6 Å². The Kier molecular flexibility index (Phi) is 7.08. The van der Waals surface area contributed by atoms with Gasteiger partial charge in [-0.25, -0.2) is 14.8 Å². The maximum absolute atomic E-state index is 12.6. The van der Waals surface area contributed by atoms with E-state index in [1.807, 2.05) is 37.4 Å². The molecule has 0 saturated carbocycles. The molecule has 0 radical (unpaired) electrons. The van der Waals surface area contributed by atoms with Gasteiger partial charge in [-0.3, -0.25) is 0 Å². The Labute approximate surface area is 228 Å². The molecule has 1 aliphatic heterocycles. The zero-order chi connectivity index (χ0) is 27.6. The van der Waals surface area contributed by atoms with Crippen LogP contribution in [0.1, 0.15) is 43.8 Å². The number of rotatable bonds is 7. The van der Waals surface area contributed by atoms with E-state index in [0.29, 0.717) is 66.6 Å². The Bertz CT molecular complexity index is 1450. The Morgan fingerprint density at radius 1 is 1.05 bits per heavy atom. The Hall–Kier alpha value is -4.27. The molecule has 9 heteroatoms. The average molecular weight is 530 g/mol. The fraction of sp³-hybridized carbons (Fsp3) is 0.367. The molecule has 4 aromatic rings. The molecule has 1 aliphatic rings. The number of hydrogen-bond acceptors (Lipinski definition) is 7. The minimum Gasteiger partial charge on any atom is -0.493 e. The number of ether oxygens (including phenoxy) is 3. The minimum atomic E-state index is -0.728. The number of H-pyrrole nitrogens is 1. The quantitative estimate of drug-likeness (QED) is 0.344. The van der Waals surface area contributed by atoms with Gasteiger partial charge < -0.3 is 29.8 Å². The summed E-state index contributed by atoms with van der Waals surface area (Å²) in [4.78, 5) is 27.9. The Morgan fingerprint density at radius 3 is 2.36 bits per heavy atom. The molecule has 9 nitrogen and oxygen atoms in total. The van der Waals surface area contributed by atoms with Crippen LogP contribution in [0.5, 0.6) is 11.5 Å². The lowest BCUT2D eigenvalue weighted by atomic mass is 9.54. The zero-order valence-corrected chi connectivity index (χ0v) is 22.9. The van der Waals surface area contributed by atoms with E-state index in [1.165, 1.54) is 0 Å². The number of likely N-dealkylation sites (tertiary alicyclic amines) is 1. The second-order valence-corrected chi connectivity index (χ2v) is 10.00. The summed E-state index contributed by atoms with van der Waals surface area (Å²) in [6.45, 7) is 5.42. The Balaban J connectivity index is 1.73. The van der Waals surface area contributed by atoms with Crippen molar-refractivity contribution in [3.8, 4) is 11.5 Å². The van der Waals surface area contributed by atoms with Gasteiger partial charge in [0.15, 0.2) is 11.5 Å². The smallest absolute Gasteiger partial charge is 0.409 e. The van der Waals surface area contributed by atoms with E-state index in [0.717, 1.165) is 11.3 Å². The van der Waals surface area contributed by atoms with E-state index in [1.54, 1.807) is 19.1 Å². The lowest BCUT2D eigenvalue weighted by Crippen LogP contribution is -2.56. The summed E-state index contributed by atoms with van der Waals surface area (Å²) < 4.78 is 16.4.